The Balaban J connectivity index is 2.13. The molecule has 0 aliphatic carbocycles. The first-order valence-corrected chi connectivity index (χ1v) is 6.23. The molecule has 1 N–H and O–H groups in total. The van der Waals surface area contributed by atoms with E-state index in [-0.39, 0.29) is 11.3 Å². The minimum Gasteiger partial charge on any atom is -0.494 e. The van der Waals surface area contributed by atoms with E-state index < -0.39 is 11.6 Å². The number of aryl methyl sites for hydroxylation is 1. The van der Waals surface area contributed by atoms with Crippen molar-refractivity contribution >= 4 is 22.7 Å². The van der Waals surface area contributed by atoms with Gasteiger partial charge in [0.15, 0.2) is 11.6 Å². The highest BCUT2D eigenvalue weighted by atomic mass is 32.1. The van der Waals surface area contributed by atoms with Gasteiger partial charge in [-0.15, -0.1) is 11.3 Å². The van der Waals surface area contributed by atoms with Gasteiger partial charge in [-0.1, -0.05) is 0 Å². The fourth-order valence-electron chi connectivity index (χ4n) is 1.37. The molecule has 1 aromatic carbocycles. The topological polar surface area (TPSA) is 46.5 Å². The molecular formula is C12H11F2N3OS. The van der Waals surface area contributed by atoms with Crippen LogP contribution in [0.3, 0.4) is 0 Å². The average Bonchev–Trinajstić information content (AvgIpc) is 2.81. The molecule has 0 amide bonds. The summed E-state index contributed by atoms with van der Waals surface area (Å²) in [6.45, 7) is 1.85. The fraction of sp³-hybridized carbons (Fsp3) is 0.167. The number of methoxy groups -OCH3 is 1. The van der Waals surface area contributed by atoms with Crippen LogP contribution in [-0.2, 0) is 0 Å². The van der Waals surface area contributed by atoms with Crippen LogP contribution in [-0.4, -0.2) is 18.3 Å². The van der Waals surface area contributed by atoms with Gasteiger partial charge in [-0.3, -0.25) is 5.43 Å². The standard InChI is InChI=1S/C12H11F2N3OS/c1-7-6-19-12(16-7)17-15-5-8-3-4-9(18-2)11(14)10(8)13/h3-6H,1-2H3,(H,16,17). The maximum Gasteiger partial charge on any atom is 0.203 e. The maximum absolute atomic E-state index is 13.6. The summed E-state index contributed by atoms with van der Waals surface area (Å²) in [4.78, 5) is 4.12. The van der Waals surface area contributed by atoms with E-state index in [2.05, 4.69) is 20.2 Å². The molecule has 0 atom stereocenters. The molecule has 0 aliphatic rings. The summed E-state index contributed by atoms with van der Waals surface area (Å²) < 4.78 is 31.7. The Kier molecular flexibility index (Phi) is 4.06. The van der Waals surface area contributed by atoms with Gasteiger partial charge in [0.2, 0.25) is 10.9 Å². The SMILES string of the molecule is COc1ccc(C=NNc2nc(C)cs2)c(F)c1F. The van der Waals surface area contributed by atoms with Gasteiger partial charge in [-0.05, 0) is 19.1 Å². The van der Waals surface area contributed by atoms with Crippen LogP contribution in [0.25, 0.3) is 0 Å². The molecule has 100 valence electrons. The highest BCUT2D eigenvalue weighted by molar-refractivity contribution is 7.13. The van der Waals surface area contributed by atoms with Crippen molar-refractivity contribution in [3.8, 4) is 5.75 Å². The Labute approximate surface area is 112 Å². The van der Waals surface area contributed by atoms with Crippen LogP contribution in [0.1, 0.15) is 11.3 Å². The van der Waals surface area contributed by atoms with E-state index in [0.717, 1.165) is 5.69 Å². The van der Waals surface area contributed by atoms with Crippen molar-refractivity contribution < 1.29 is 13.5 Å². The average molecular weight is 283 g/mol. The van der Waals surface area contributed by atoms with Crippen LogP contribution >= 0.6 is 11.3 Å². The molecule has 0 bridgehead atoms. The van der Waals surface area contributed by atoms with Crippen molar-refractivity contribution in [2.45, 2.75) is 6.92 Å². The van der Waals surface area contributed by atoms with Gasteiger partial charge in [-0.25, -0.2) is 9.37 Å². The van der Waals surface area contributed by atoms with E-state index in [0.29, 0.717) is 5.13 Å². The Morgan fingerprint density at radius 3 is 2.79 bits per heavy atom. The molecule has 0 radical (unpaired) electrons. The van der Waals surface area contributed by atoms with Gasteiger partial charge in [0.1, 0.15) is 0 Å². The second-order valence-corrected chi connectivity index (χ2v) is 4.51. The van der Waals surface area contributed by atoms with Gasteiger partial charge in [-0.2, -0.15) is 9.49 Å². The van der Waals surface area contributed by atoms with Gasteiger partial charge in [0.05, 0.1) is 19.0 Å². The number of anilines is 1. The molecule has 7 heteroatoms. The molecule has 2 aromatic rings. The van der Waals surface area contributed by atoms with E-state index >= 15 is 0 Å². The van der Waals surface area contributed by atoms with E-state index in [1.54, 1.807) is 0 Å². The van der Waals surface area contributed by atoms with Crippen LogP contribution < -0.4 is 10.2 Å². The predicted molar refractivity (Wildman–Crippen MR) is 71.0 cm³/mol. The zero-order valence-electron chi connectivity index (χ0n) is 10.3. The van der Waals surface area contributed by atoms with E-state index in [1.165, 1.54) is 36.8 Å². The summed E-state index contributed by atoms with van der Waals surface area (Å²) in [5.74, 6) is -2.17. The zero-order valence-corrected chi connectivity index (χ0v) is 11.1. The number of benzene rings is 1. The molecular weight excluding hydrogens is 272 g/mol. The summed E-state index contributed by atoms with van der Waals surface area (Å²) in [5, 5.41) is 6.25. The van der Waals surface area contributed by atoms with Crippen molar-refractivity contribution in [1.82, 2.24) is 4.98 Å². The van der Waals surface area contributed by atoms with E-state index in [9.17, 15) is 8.78 Å². The van der Waals surface area contributed by atoms with E-state index in [1.807, 2.05) is 12.3 Å². The van der Waals surface area contributed by atoms with Gasteiger partial charge in [0.25, 0.3) is 0 Å². The number of hydrazone groups is 1. The molecule has 0 saturated heterocycles. The van der Waals surface area contributed by atoms with Crippen molar-refractivity contribution in [2.75, 3.05) is 12.5 Å². The smallest absolute Gasteiger partial charge is 0.203 e. The van der Waals surface area contributed by atoms with Gasteiger partial charge in [0, 0.05) is 10.9 Å². The summed E-state index contributed by atoms with van der Waals surface area (Å²) >= 11 is 1.37. The van der Waals surface area contributed by atoms with Crippen LogP contribution in [0, 0.1) is 18.6 Å². The van der Waals surface area contributed by atoms with Crippen molar-refractivity contribution in [3.63, 3.8) is 0 Å². The summed E-state index contributed by atoms with van der Waals surface area (Å²) in [6, 6.07) is 2.73. The van der Waals surface area contributed by atoms with Crippen LogP contribution in [0.2, 0.25) is 0 Å². The Morgan fingerprint density at radius 2 is 2.16 bits per heavy atom. The lowest BCUT2D eigenvalue weighted by atomic mass is 10.2. The van der Waals surface area contributed by atoms with Crippen molar-refractivity contribution in [1.29, 1.82) is 0 Å². The predicted octanol–water partition coefficient (Wildman–Crippen LogP) is 3.18. The van der Waals surface area contributed by atoms with Crippen molar-refractivity contribution in [3.05, 3.63) is 40.4 Å². The Hall–Kier alpha value is -2.02. The van der Waals surface area contributed by atoms with Gasteiger partial charge < -0.3 is 4.74 Å². The molecule has 0 unspecified atom stereocenters. The van der Waals surface area contributed by atoms with Crippen LogP contribution in [0.4, 0.5) is 13.9 Å². The quantitative estimate of drug-likeness (QED) is 0.692. The molecule has 0 fully saturated rings. The normalized spacial score (nSPS) is 10.9. The van der Waals surface area contributed by atoms with E-state index in [4.69, 9.17) is 0 Å². The Morgan fingerprint density at radius 1 is 1.37 bits per heavy atom. The number of aromatic nitrogens is 1. The number of nitrogens with one attached hydrogen (secondary N) is 1. The maximum atomic E-state index is 13.6. The lowest BCUT2D eigenvalue weighted by Crippen LogP contribution is -1.98. The third-order valence-corrected chi connectivity index (χ3v) is 3.14. The van der Waals surface area contributed by atoms with Crippen LogP contribution in [0.15, 0.2) is 22.6 Å². The third-order valence-electron chi connectivity index (χ3n) is 2.28. The monoisotopic (exact) mass is 283 g/mol. The molecule has 4 nitrogen and oxygen atoms in total. The van der Waals surface area contributed by atoms with Crippen molar-refractivity contribution in [2.24, 2.45) is 5.10 Å². The highest BCUT2D eigenvalue weighted by Crippen LogP contribution is 2.21. The minimum atomic E-state index is -1.03. The van der Waals surface area contributed by atoms with Gasteiger partial charge >= 0.3 is 0 Å². The summed E-state index contributed by atoms with van der Waals surface area (Å²) in [5.41, 5.74) is 3.54. The number of halogens is 2. The lowest BCUT2D eigenvalue weighted by molar-refractivity contribution is 0.371. The molecule has 2 rings (SSSR count). The lowest BCUT2D eigenvalue weighted by Gasteiger charge is -2.04. The molecule has 1 heterocycles. The number of nitrogens with zero attached hydrogens (tertiary/aromatic N) is 2. The molecule has 0 aliphatic heterocycles. The number of thiazole rings is 1. The Bertz CT molecular complexity index is 613. The highest BCUT2D eigenvalue weighted by Gasteiger charge is 2.12. The number of hydrogen-bond acceptors (Lipinski definition) is 5. The molecule has 0 saturated carbocycles. The number of rotatable bonds is 4. The molecule has 1 aromatic heterocycles. The van der Waals surface area contributed by atoms with Crippen LogP contribution in [0.5, 0.6) is 5.75 Å². The first kappa shape index (κ1) is 13.4. The fourth-order valence-corrected chi connectivity index (χ4v) is 2.00. The second kappa shape index (κ2) is 5.75. The molecule has 19 heavy (non-hydrogen) atoms. The third kappa shape index (κ3) is 3.05. The summed E-state index contributed by atoms with van der Waals surface area (Å²) in [6.07, 6.45) is 1.19. The minimum absolute atomic E-state index is 0.0269. The first-order valence-electron chi connectivity index (χ1n) is 5.35. The second-order valence-electron chi connectivity index (χ2n) is 3.65. The summed E-state index contributed by atoms with van der Waals surface area (Å²) in [7, 11) is 1.28. The largest absolute Gasteiger partial charge is 0.494 e. The first-order chi connectivity index (χ1) is 9.11. The number of ether oxygens (including phenoxy) is 1. The molecule has 0 spiro atoms. The zero-order chi connectivity index (χ0) is 13.8. The number of hydrogen-bond donors (Lipinski definition) is 1.